The lowest BCUT2D eigenvalue weighted by molar-refractivity contribution is -0.116. The standard InChI is InChI=1S/C11H14N2OS/c1-12-11(15)8-2-4-9-7(6-8)3-5-10(14)13-9/h2,4,6,11-12,15H,3,5H2,1H3,(H,13,14). The maximum Gasteiger partial charge on any atom is 0.224 e. The zero-order valence-corrected chi connectivity index (χ0v) is 9.47. The SMILES string of the molecule is CNC(S)c1ccc2c(c1)CCC(=O)N2. The molecule has 1 heterocycles. The van der Waals surface area contributed by atoms with Crippen molar-refractivity contribution >= 4 is 24.2 Å². The fraction of sp³-hybridized carbons (Fsp3) is 0.364. The second-order valence-corrected chi connectivity index (χ2v) is 4.17. The van der Waals surface area contributed by atoms with Crippen LogP contribution in [-0.4, -0.2) is 13.0 Å². The highest BCUT2D eigenvalue weighted by Gasteiger charge is 2.15. The van der Waals surface area contributed by atoms with E-state index in [9.17, 15) is 4.79 Å². The molecule has 1 unspecified atom stereocenters. The van der Waals surface area contributed by atoms with Crippen molar-refractivity contribution in [1.82, 2.24) is 5.32 Å². The molecule has 4 heteroatoms. The Kier molecular flexibility index (Phi) is 2.98. The van der Waals surface area contributed by atoms with Crippen LogP contribution in [0.5, 0.6) is 0 Å². The first kappa shape index (κ1) is 10.5. The molecule has 1 atom stereocenters. The number of hydrogen-bond donors (Lipinski definition) is 3. The Balaban J connectivity index is 2.30. The molecule has 1 aromatic carbocycles. The van der Waals surface area contributed by atoms with Crippen LogP contribution >= 0.6 is 12.6 Å². The summed E-state index contributed by atoms with van der Waals surface area (Å²) in [4.78, 5) is 11.2. The molecule has 2 rings (SSSR count). The molecule has 1 aliphatic rings. The summed E-state index contributed by atoms with van der Waals surface area (Å²) in [5, 5.41) is 5.98. The largest absolute Gasteiger partial charge is 0.326 e. The highest BCUT2D eigenvalue weighted by molar-refractivity contribution is 7.80. The van der Waals surface area contributed by atoms with Crippen LogP contribution in [0.4, 0.5) is 5.69 Å². The molecule has 2 N–H and O–H groups in total. The predicted octanol–water partition coefficient (Wildman–Crippen LogP) is 1.72. The number of hydrogen-bond acceptors (Lipinski definition) is 3. The van der Waals surface area contributed by atoms with Crippen molar-refractivity contribution in [2.45, 2.75) is 18.2 Å². The van der Waals surface area contributed by atoms with E-state index in [1.165, 1.54) is 5.56 Å². The fourth-order valence-corrected chi connectivity index (χ4v) is 1.90. The number of carbonyl (C=O) groups is 1. The molecule has 1 aromatic rings. The number of anilines is 1. The van der Waals surface area contributed by atoms with E-state index in [0.717, 1.165) is 17.7 Å². The number of nitrogens with one attached hydrogen (secondary N) is 2. The molecule has 3 nitrogen and oxygen atoms in total. The first-order chi connectivity index (χ1) is 7.20. The van der Waals surface area contributed by atoms with E-state index in [2.05, 4.69) is 29.3 Å². The van der Waals surface area contributed by atoms with Gasteiger partial charge < -0.3 is 10.6 Å². The smallest absolute Gasteiger partial charge is 0.224 e. The topological polar surface area (TPSA) is 41.1 Å². The van der Waals surface area contributed by atoms with E-state index < -0.39 is 0 Å². The number of rotatable bonds is 2. The maximum atomic E-state index is 11.2. The Morgan fingerprint density at radius 2 is 2.27 bits per heavy atom. The number of thiol groups is 1. The van der Waals surface area contributed by atoms with Crippen LogP contribution in [0.1, 0.15) is 22.9 Å². The average Bonchev–Trinajstić information content (AvgIpc) is 2.27. The van der Waals surface area contributed by atoms with Gasteiger partial charge in [-0.1, -0.05) is 12.1 Å². The zero-order chi connectivity index (χ0) is 10.8. The van der Waals surface area contributed by atoms with Gasteiger partial charge in [-0.15, -0.1) is 0 Å². The number of fused-ring (bicyclic) bond motifs is 1. The molecule has 0 fully saturated rings. The third-order valence-corrected chi connectivity index (χ3v) is 3.17. The summed E-state index contributed by atoms with van der Waals surface area (Å²) in [6.07, 6.45) is 1.40. The van der Waals surface area contributed by atoms with Gasteiger partial charge >= 0.3 is 0 Å². The van der Waals surface area contributed by atoms with Gasteiger partial charge in [0.25, 0.3) is 0 Å². The molecule has 0 saturated heterocycles. The van der Waals surface area contributed by atoms with Crippen LogP contribution in [0.15, 0.2) is 18.2 Å². The number of aryl methyl sites for hydroxylation is 1. The quantitative estimate of drug-likeness (QED) is 0.527. The summed E-state index contributed by atoms with van der Waals surface area (Å²) in [6, 6.07) is 6.03. The van der Waals surface area contributed by atoms with Crippen LogP contribution in [0.25, 0.3) is 0 Å². The van der Waals surface area contributed by atoms with Gasteiger partial charge in [0.2, 0.25) is 5.91 Å². The molecule has 15 heavy (non-hydrogen) atoms. The number of amides is 1. The lowest BCUT2D eigenvalue weighted by atomic mass is 10.0. The molecule has 80 valence electrons. The summed E-state index contributed by atoms with van der Waals surface area (Å²) in [6.45, 7) is 0. The Bertz CT molecular complexity index is 392. The Morgan fingerprint density at radius 3 is 3.00 bits per heavy atom. The first-order valence-corrected chi connectivity index (χ1v) is 5.50. The minimum atomic E-state index is 0.0490. The number of carbonyl (C=O) groups excluding carboxylic acids is 1. The Labute approximate surface area is 94.7 Å². The molecule has 0 bridgehead atoms. The van der Waals surface area contributed by atoms with Crippen molar-refractivity contribution in [2.24, 2.45) is 0 Å². The van der Waals surface area contributed by atoms with Gasteiger partial charge in [0.05, 0.1) is 5.37 Å². The normalized spacial score (nSPS) is 16.8. The minimum absolute atomic E-state index is 0.0490. The van der Waals surface area contributed by atoms with Crippen LogP contribution in [0, 0.1) is 0 Å². The van der Waals surface area contributed by atoms with Gasteiger partial charge in [-0.05, 0) is 30.7 Å². The molecule has 1 aliphatic heterocycles. The van der Waals surface area contributed by atoms with E-state index in [4.69, 9.17) is 0 Å². The minimum Gasteiger partial charge on any atom is -0.326 e. The van der Waals surface area contributed by atoms with Crippen LogP contribution < -0.4 is 10.6 Å². The van der Waals surface area contributed by atoms with Crippen molar-refractivity contribution in [1.29, 1.82) is 0 Å². The average molecular weight is 222 g/mol. The Hall–Kier alpha value is -1.00. The molecular formula is C11H14N2OS. The second kappa shape index (κ2) is 4.24. The second-order valence-electron chi connectivity index (χ2n) is 3.66. The first-order valence-electron chi connectivity index (χ1n) is 4.98. The molecule has 0 radical (unpaired) electrons. The third kappa shape index (κ3) is 2.16. The van der Waals surface area contributed by atoms with Gasteiger partial charge in [0.15, 0.2) is 0 Å². The highest BCUT2D eigenvalue weighted by atomic mass is 32.1. The van der Waals surface area contributed by atoms with Crippen LogP contribution in [0.2, 0.25) is 0 Å². The Morgan fingerprint density at radius 1 is 1.47 bits per heavy atom. The molecular weight excluding hydrogens is 208 g/mol. The lowest BCUT2D eigenvalue weighted by Crippen LogP contribution is -2.19. The summed E-state index contributed by atoms with van der Waals surface area (Å²) >= 11 is 4.41. The van der Waals surface area contributed by atoms with Crippen LogP contribution in [0.3, 0.4) is 0 Å². The zero-order valence-electron chi connectivity index (χ0n) is 8.58. The summed E-state index contributed by atoms with van der Waals surface area (Å²) in [7, 11) is 1.87. The van der Waals surface area contributed by atoms with Crippen molar-refractivity contribution in [2.75, 3.05) is 12.4 Å². The van der Waals surface area contributed by atoms with Gasteiger partial charge in [0.1, 0.15) is 0 Å². The molecule has 1 amide bonds. The third-order valence-electron chi connectivity index (χ3n) is 2.61. The molecule has 0 aromatic heterocycles. The summed E-state index contributed by atoms with van der Waals surface area (Å²) < 4.78 is 0. The van der Waals surface area contributed by atoms with Gasteiger partial charge in [-0.2, -0.15) is 12.6 Å². The van der Waals surface area contributed by atoms with Crippen molar-refractivity contribution < 1.29 is 4.79 Å². The highest BCUT2D eigenvalue weighted by Crippen LogP contribution is 2.26. The van der Waals surface area contributed by atoms with Crippen molar-refractivity contribution in [3.8, 4) is 0 Å². The molecule has 0 spiro atoms. The summed E-state index contributed by atoms with van der Waals surface area (Å²) in [5.41, 5.74) is 3.27. The van der Waals surface area contributed by atoms with Gasteiger partial charge in [-0.3, -0.25) is 4.79 Å². The summed E-state index contributed by atoms with van der Waals surface area (Å²) in [5.74, 6) is 0.103. The lowest BCUT2D eigenvalue weighted by Gasteiger charge is -2.19. The van der Waals surface area contributed by atoms with Crippen molar-refractivity contribution in [3.05, 3.63) is 29.3 Å². The van der Waals surface area contributed by atoms with E-state index >= 15 is 0 Å². The van der Waals surface area contributed by atoms with E-state index in [1.54, 1.807) is 0 Å². The van der Waals surface area contributed by atoms with Gasteiger partial charge in [-0.25, -0.2) is 0 Å². The van der Waals surface area contributed by atoms with Crippen LogP contribution in [-0.2, 0) is 11.2 Å². The van der Waals surface area contributed by atoms with E-state index in [0.29, 0.717) is 6.42 Å². The fourth-order valence-electron chi connectivity index (χ4n) is 1.74. The van der Waals surface area contributed by atoms with E-state index in [1.807, 2.05) is 19.2 Å². The maximum absolute atomic E-state index is 11.2. The number of benzene rings is 1. The monoisotopic (exact) mass is 222 g/mol. The molecule has 0 aliphatic carbocycles. The van der Waals surface area contributed by atoms with E-state index in [-0.39, 0.29) is 11.3 Å². The molecule has 0 saturated carbocycles. The van der Waals surface area contributed by atoms with Gasteiger partial charge in [0, 0.05) is 12.1 Å². The van der Waals surface area contributed by atoms with Crippen molar-refractivity contribution in [3.63, 3.8) is 0 Å². The predicted molar refractivity (Wildman–Crippen MR) is 64.2 cm³/mol.